The first-order chi connectivity index (χ1) is 18.7. The number of hydrogen-bond acceptors (Lipinski definition) is 2. The van der Waals surface area contributed by atoms with Gasteiger partial charge >= 0.3 is 12.1 Å². The summed E-state index contributed by atoms with van der Waals surface area (Å²) in [6.07, 6.45) is 3.19. The Morgan fingerprint density at radius 3 is 0.921 bits per heavy atom. The minimum atomic E-state index is -0.144. The van der Waals surface area contributed by atoms with E-state index >= 15 is 0 Å². The molecular formula is C32H32N4O2. The molecule has 0 spiro atoms. The van der Waals surface area contributed by atoms with Crippen molar-refractivity contribution in [3.8, 4) is 0 Å². The second kappa shape index (κ2) is 12.1. The fourth-order valence-electron chi connectivity index (χ4n) is 4.94. The maximum atomic E-state index is 13.4. The summed E-state index contributed by atoms with van der Waals surface area (Å²) in [7, 11) is 0. The molecule has 2 N–H and O–H groups in total. The van der Waals surface area contributed by atoms with E-state index < -0.39 is 0 Å². The van der Waals surface area contributed by atoms with Gasteiger partial charge in [-0.15, -0.1) is 0 Å². The Balaban J connectivity index is 1.21. The van der Waals surface area contributed by atoms with Crippen molar-refractivity contribution >= 4 is 34.8 Å². The summed E-state index contributed by atoms with van der Waals surface area (Å²) < 4.78 is 0. The smallest absolute Gasteiger partial charge is 0.326 e. The normalized spacial score (nSPS) is 16.7. The van der Waals surface area contributed by atoms with Gasteiger partial charge in [0.15, 0.2) is 0 Å². The molecule has 1 aliphatic carbocycles. The molecule has 0 radical (unpaired) electrons. The van der Waals surface area contributed by atoms with Crippen LogP contribution in [0, 0.1) is 0 Å². The SMILES string of the molecule is O=C(N[C@H]1CC[C@H](NC(=O)N(c2ccccc2)c2ccccc2)CC1)N(c1ccccc1)c1ccccc1. The second-order valence-corrected chi connectivity index (χ2v) is 9.46. The van der Waals surface area contributed by atoms with Crippen LogP contribution in [0.2, 0.25) is 0 Å². The predicted molar refractivity (Wildman–Crippen MR) is 153 cm³/mol. The zero-order valence-corrected chi connectivity index (χ0v) is 21.2. The Hall–Kier alpha value is -4.58. The van der Waals surface area contributed by atoms with Crippen LogP contribution in [0.25, 0.3) is 0 Å². The van der Waals surface area contributed by atoms with Crippen LogP contribution in [0.1, 0.15) is 25.7 Å². The highest BCUT2D eigenvalue weighted by Gasteiger charge is 2.28. The zero-order valence-electron chi connectivity index (χ0n) is 21.2. The Bertz CT molecular complexity index is 1120. The third-order valence-corrected chi connectivity index (χ3v) is 6.85. The van der Waals surface area contributed by atoms with Gasteiger partial charge in [0.2, 0.25) is 0 Å². The number of hydrogen-bond donors (Lipinski definition) is 2. The summed E-state index contributed by atoms with van der Waals surface area (Å²) in [4.78, 5) is 30.3. The molecule has 1 saturated carbocycles. The largest absolute Gasteiger partial charge is 0.335 e. The first-order valence-corrected chi connectivity index (χ1v) is 13.1. The van der Waals surface area contributed by atoms with Crippen molar-refractivity contribution in [1.82, 2.24) is 10.6 Å². The second-order valence-electron chi connectivity index (χ2n) is 9.46. The highest BCUT2D eigenvalue weighted by molar-refractivity contribution is 6.00. The van der Waals surface area contributed by atoms with Gasteiger partial charge in [0, 0.05) is 12.1 Å². The molecular weight excluding hydrogens is 472 g/mol. The molecule has 4 aromatic carbocycles. The fraction of sp³-hybridized carbons (Fsp3) is 0.188. The lowest BCUT2D eigenvalue weighted by atomic mass is 9.91. The number of urea groups is 2. The molecule has 0 saturated heterocycles. The van der Waals surface area contributed by atoms with Crippen molar-refractivity contribution in [2.24, 2.45) is 0 Å². The number of rotatable bonds is 6. The van der Waals surface area contributed by atoms with Crippen molar-refractivity contribution in [3.63, 3.8) is 0 Å². The van der Waals surface area contributed by atoms with E-state index in [9.17, 15) is 9.59 Å². The predicted octanol–water partition coefficient (Wildman–Crippen LogP) is 7.39. The molecule has 38 heavy (non-hydrogen) atoms. The lowest BCUT2D eigenvalue weighted by molar-refractivity contribution is 0.229. The average molecular weight is 505 g/mol. The van der Waals surface area contributed by atoms with Crippen molar-refractivity contribution in [3.05, 3.63) is 121 Å². The van der Waals surface area contributed by atoms with Gasteiger partial charge in [-0.3, -0.25) is 9.80 Å². The average Bonchev–Trinajstić information content (AvgIpc) is 2.97. The van der Waals surface area contributed by atoms with Crippen molar-refractivity contribution in [2.45, 2.75) is 37.8 Å². The lowest BCUT2D eigenvalue weighted by Crippen LogP contribution is -2.49. The molecule has 6 heteroatoms. The van der Waals surface area contributed by atoms with Crippen LogP contribution in [0.4, 0.5) is 32.3 Å². The maximum Gasteiger partial charge on any atom is 0.326 e. The fourth-order valence-corrected chi connectivity index (χ4v) is 4.94. The summed E-state index contributed by atoms with van der Waals surface area (Å²) in [6, 6.07) is 38.5. The van der Waals surface area contributed by atoms with E-state index in [1.165, 1.54) is 0 Å². The third-order valence-electron chi connectivity index (χ3n) is 6.85. The molecule has 0 aromatic heterocycles. The number of nitrogens with zero attached hydrogens (tertiary/aromatic N) is 2. The molecule has 192 valence electrons. The van der Waals surface area contributed by atoms with Crippen LogP contribution in [-0.2, 0) is 0 Å². The first-order valence-electron chi connectivity index (χ1n) is 13.1. The van der Waals surface area contributed by atoms with Crippen LogP contribution in [0.3, 0.4) is 0 Å². The van der Waals surface area contributed by atoms with E-state index in [-0.39, 0.29) is 24.1 Å². The molecule has 1 aliphatic rings. The maximum absolute atomic E-state index is 13.4. The van der Waals surface area contributed by atoms with E-state index in [4.69, 9.17) is 0 Å². The summed E-state index contributed by atoms with van der Waals surface area (Å²) in [5.74, 6) is 0. The Morgan fingerprint density at radius 1 is 0.447 bits per heavy atom. The molecule has 0 heterocycles. The van der Waals surface area contributed by atoms with Gasteiger partial charge in [0.1, 0.15) is 0 Å². The molecule has 5 rings (SSSR count). The quantitative estimate of drug-likeness (QED) is 0.287. The number of nitrogens with one attached hydrogen (secondary N) is 2. The zero-order chi connectivity index (χ0) is 26.2. The van der Waals surface area contributed by atoms with Gasteiger partial charge < -0.3 is 10.6 Å². The summed E-state index contributed by atoms with van der Waals surface area (Å²) in [5.41, 5.74) is 3.27. The minimum absolute atomic E-state index is 0.0462. The Morgan fingerprint density at radius 2 is 0.684 bits per heavy atom. The van der Waals surface area contributed by atoms with Crippen LogP contribution in [0.15, 0.2) is 121 Å². The van der Waals surface area contributed by atoms with Gasteiger partial charge in [-0.25, -0.2) is 9.59 Å². The van der Waals surface area contributed by atoms with Crippen LogP contribution < -0.4 is 20.4 Å². The molecule has 0 aliphatic heterocycles. The van der Waals surface area contributed by atoms with Gasteiger partial charge in [-0.1, -0.05) is 72.8 Å². The summed E-state index contributed by atoms with van der Waals surface area (Å²) in [5, 5.41) is 6.46. The number of para-hydroxylation sites is 4. The topological polar surface area (TPSA) is 64.7 Å². The number of carbonyl (C=O) groups excluding carboxylic acids is 2. The number of benzene rings is 4. The van der Waals surface area contributed by atoms with E-state index in [1.54, 1.807) is 9.80 Å². The number of anilines is 4. The highest BCUT2D eigenvalue weighted by Crippen LogP contribution is 2.28. The monoisotopic (exact) mass is 504 g/mol. The molecule has 4 amide bonds. The highest BCUT2D eigenvalue weighted by atomic mass is 16.2. The molecule has 6 nitrogen and oxygen atoms in total. The van der Waals surface area contributed by atoms with Gasteiger partial charge in [-0.05, 0) is 74.2 Å². The molecule has 0 atom stereocenters. The van der Waals surface area contributed by atoms with Crippen LogP contribution >= 0.6 is 0 Å². The molecule has 1 fully saturated rings. The van der Waals surface area contributed by atoms with Crippen molar-refractivity contribution < 1.29 is 9.59 Å². The van der Waals surface area contributed by atoms with Crippen LogP contribution in [-0.4, -0.2) is 24.1 Å². The molecule has 4 aromatic rings. The van der Waals surface area contributed by atoms with Crippen LogP contribution in [0.5, 0.6) is 0 Å². The standard InChI is InChI=1S/C32H32N4O2/c37-31(35(27-13-5-1-6-14-27)28-15-7-2-8-16-28)33-25-21-23-26(24-22-25)34-32(38)36(29-17-9-3-10-18-29)30-19-11-4-12-20-30/h1-20,25-26H,21-24H2,(H,33,37)(H,34,38)/t25-,26-. The molecule has 0 bridgehead atoms. The van der Waals surface area contributed by atoms with Gasteiger partial charge in [-0.2, -0.15) is 0 Å². The Labute approximate surface area is 223 Å². The van der Waals surface area contributed by atoms with Gasteiger partial charge in [0.25, 0.3) is 0 Å². The van der Waals surface area contributed by atoms with E-state index in [2.05, 4.69) is 10.6 Å². The summed E-state index contributed by atoms with van der Waals surface area (Å²) >= 11 is 0. The summed E-state index contributed by atoms with van der Waals surface area (Å²) in [6.45, 7) is 0. The van der Waals surface area contributed by atoms with Crippen molar-refractivity contribution in [2.75, 3.05) is 9.80 Å². The van der Waals surface area contributed by atoms with E-state index in [0.717, 1.165) is 48.4 Å². The first kappa shape index (κ1) is 25.1. The Kier molecular flexibility index (Phi) is 7.99. The van der Waals surface area contributed by atoms with E-state index in [1.807, 2.05) is 121 Å². The molecule has 0 unspecified atom stereocenters. The van der Waals surface area contributed by atoms with E-state index in [0.29, 0.717) is 0 Å². The number of carbonyl (C=O) groups is 2. The lowest BCUT2D eigenvalue weighted by Gasteiger charge is -2.33. The van der Waals surface area contributed by atoms with Gasteiger partial charge in [0.05, 0.1) is 22.7 Å². The third kappa shape index (κ3) is 6.03. The van der Waals surface area contributed by atoms with Crippen molar-refractivity contribution in [1.29, 1.82) is 0 Å². The minimum Gasteiger partial charge on any atom is -0.335 e. The number of amides is 4.